The molecule has 3 aliphatic rings. The number of ether oxygens (including phenoxy) is 1. The van der Waals surface area contributed by atoms with Gasteiger partial charge < -0.3 is 10.1 Å². The maximum atomic E-state index is 13.1. The van der Waals surface area contributed by atoms with Gasteiger partial charge in [-0.3, -0.25) is 9.69 Å². The van der Waals surface area contributed by atoms with Crippen molar-refractivity contribution in [3.05, 3.63) is 29.3 Å². The van der Waals surface area contributed by atoms with E-state index in [-0.39, 0.29) is 35.2 Å². The molecule has 1 aliphatic heterocycles. The van der Waals surface area contributed by atoms with Gasteiger partial charge >= 0.3 is 0 Å². The van der Waals surface area contributed by atoms with Gasteiger partial charge in [0, 0.05) is 17.8 Å². The normalized spacial score (nSPS) is 30.3. The van der Waals surface area contributed by atoms with Gasteiger partial charge in [-0.15, -0.1) is 0 Å². The highest BCUT2D eigenvalue weighted by Gasteiger charge is 2.67. The van der Waals surface area contributed by atoms with E-state index < -0.39 is 0 Å². The Balaban J connectivity index is 1.56. The Morgan fingerprint density at radius 2 is 1.60 bits per heavy atom. The summed E-state index contributed by atoms with van der Waals surface area (Å²) in [5.41, 5.74) is 3.17. The Bertz CT molecular complexity index is 662. The van der Waals surface area contributed by atoms with E-state index in [0.717, 1.165) is 42.5 Å². The van der Waals surface area contributed by atoms with Crippen molar-refractivity contribution >= 4 is 11.6 Å². The van der Waals surface area contributed by atoms with E-state index in [1.165, 1.54) is 0 Å². The van der Waals surface area contributed by atoms with Crippen molar-refractivity contribution in [2.24, 2.45) is 0 Å². The quantitative estimate of drug-likeness (QED) is 0.908. The van der Waals surface area contributed by atoms with Crippen molar-refractivity contribution < 1.29 is 9.53 Å². The van der Waals surface area contributed by atoms with Gasteiger partial charge in [0.1, 0.15) is 0 Å². The summed E-state index contributed by atoms with van der Waals surface area (Å²) in [6.45, 7) is 10.6. The molecule has 0 aromatic heterocycles. The molecule has 1 saturated heterocycles. The van der Waals surface area contributed by atoms with E-state index in [4.69, 9.17) is 4.74 Å². The first-order valence-electron chi connectivity index (χ1n) is 9.64. The van der Waals surface area contributed by atoms with Crippen LogP contribution in [0.1, 0.15) is 57.6 Å². The molecule has 4 heteroatoms. The summed E-state index contributed by atoms with van der Waals surface area (Å²) < 4.78 is 6.55. The highest BCUT2D eigenvalue weighted by Crippen LogP contribution is 2.59. The van der Waals surface area contributed by atoms with Gasteiger partial charge in [-0.05, 0) is 71.4 Å². The van der Waals surface area contributed by atoms with Gasteiger partial charge in [-0.1, -0.05) is 18.2 Å². The Morgan fingerprint density at radius 1 is 1.12 bits per heavy atom. The van der Waals surface area contributed by atoms with Crippen LogP contribution in [-0.2, 0) is 9.53 Å². The second-order valence-corrected chi connectivity index (χ2v) is 8.46. The molecule has 2 spiro atoms. The molecule has 2 aliphatic carbocycles. The number of rotatable bonds is 3. The Hall–Kier alpha value is -1.39. The van der Waals surface area contributed by atoms with E-state index >= 15 is 0 Å². The minimum Gasteiger partial charge on any atom is -0.365 e. The molecule has 0 bridgehead atoms. The molecule has 1 N–H and O–H groups in total. The number of amides is 1. The molecule has 1 aromatic rings. The van der Waals surface area contributed by atoms with E-state index in [1.807, 2.05) is 39.0 Å². The number of nitrogens with one attached hydrogen (secondary N) is 1. The predicted molar refractivity (Wildman–Crippen MR) is 99.8 cm³/mol. The zero-order chi connectivity index (χ0) is 18.0. The van der Waals surface area contributed by atoms with Crippen LogP contribution in [0.15, 0.2) is 18.2 Å². The summed E-state index contributed by atoms with van der Waals surface area (Å²) in [7, 11) is 0. The molecule has 25 heavy (non-hydrogen) atoms. The van der Waals surface area contributed by atoms with E-state index in [1.54, 1.807) is 0 Å². The van der Waals surface area contributed by atoms with Crippen LogP contribution >= 0.6 is 0 Å². The summed E-state index contributed by atoms with van der Waals surface area (Å²) >= 11 is 0. The van der Waals surface area contributed by atoms with E-state index in [9.17, 15) is 4.79 Å². The number of aryl methyl sites for hydroxylation is 2. The van der Waals surface area contributed by atoms with Gasteiger partial charge in [0.15, 0.2) is 0 Å². The zero-order valence-electron chi connectivity index (χ0n) is 16.1. The number of para-hydroxylation sites is 1. The van der Waals surface area contributed by atoms with Crippen molar-refractivity contribution in [2.45, 2.75) is 89.6 Å². The van der Waals surface area contributed by atoms with Crippen LogP contribution in [0, 0.1) is 13.8 Å². The number of benzene rings is 1. The summed E-state index contributed by atoms with van der Waals surface area (Å²) in [6.07, 6.45) is 4.52. The maximum absolute atomic E-state index is 13.1. The van der Waals surface area contributed by atoms with Gasteiger partial charge in [0.25, 0.3) is 0 Å². The van der Waals surface area contributed by atoms with Crippen LogP contribution in [0.2, 0.25) is 0 Å². The van der Waals surface area contributed by atoms with Crippen molar-refractivity contribution in [2.75, 3.05) is 5.32 Å². The first kappa shape index (κ1) is 17.0. The number of nitrogens with zero attached hydrogens (tertiary/aromatic N) is 1. The fourth-order valence-electron chi connectivity index (χ4n) is 4.79. The fourth-order valence-corrected chi connectivity index (χ4v) is 4.79. The number of anilines is 1. The van der Waals surface area contributed by atoms with E-state index in [2.05, 4.69) is 24.1 Å². The summed E-state index contributed by atoms with van der Waals surface area (Å²) in [4.78, 5) is 15.5. The average Bonchev–Trinajstić information content (AvgIpc) is 3.48. The van der Waals surface area contributed by atoms with Crippen molar-refractivity contribution in [1.29, 1.82) is 0 Å². The molecule has 4 nitrogen and oxygen atoms in total. The highest BCUT2D eigenvalue weighted by atomic mass is 16.5. The fraction of sp³-hybridized carbons (Fsp3) is 0.667. The van der Waals surface area contributed by atoms with Crippen LogP contribution in [0.25, 0.3) is 0 Å². The molecular weight excluding hydrogens is 312 g/mol. The van der Waals surface area contributed by atoms with Crippen LogP contribution < -0.4 is 5.32 Å². The Kier molecular flexibility index (Phi) is 3.79. The number of hydrogen-bond acceptors (Lipinski definition) is 3. The molecule has 1 heterocycles. The second-order valence-electron chi connectivity index (χ2n) is 8.46. The lowest BCUT2D eigenvalue weighted by molar-refractivity contribution is -0.184. The predicted octanol–water partition coefficient (Wildman–Crippen LogP) is 3.80. The number of hydrogen-bond donors (Lipinski definition) is 1. The molecule has 3 unspecified atom stereocenters. The molecule has 0 radical (unpaired) electrons. The first-order chi connectivity index (χ1) is 11.8. The van der Waals surface area contributed by atoms with Gasteiger partial charge in [0.2, 0.25) is 5.91 Å². The molecular formula is C21H30N2O2. The first-order valence-corrected chi connectivity index (χ1v) is 9.64. The molecule has 3 fully saturated rings. The highest BCUT2D eigenvalue weighted by molar-refractivity contribution is 5.96. The third-order valence-electron chi connectivity index (χ3n) is 6.87. The molecule has 4 rings (SSSR count). The summed E-state index contributed by atoms with van der Waals surface area (Å²) in [5, 5.41) is 3.19. The summed E-state index contributed by atoms with van der Waals surface area (Å²) in [5.74, 6) is 0.0876. The van der Waals surface area contributed by atoms with E-state index in [0.29, 0.717) is 0 Å². The molecule has 2 saturated carbocycles. The van der Waals surface area contributed by atoms with Gasteiger partial charge in [-0.2, -0.15) is 0 Å². The van der Waals surface area contributed by atoms with Crippen LogP contribution in [0.3, 0.4) is 0 Å². The Labute approximate surface area is 150 Å². The van der Waals surface area contributed by atoms with Crippen LogP contribution in [0.5, 0.6) is 0 Å². The SMILES string of the molecule is Cc1cccc(C)c1NC(=O)C(C)N1C(C)C2(CC2)OC2(CC2)C1C. The molecule has 3 atom stereocenters. The number of carbonyl (C=O) groups excluding carboxylic acids is 1. The van der Waals surface area contributed by atoms with Crippen LogP contribution in [-0.4, -0.2) is 40.1 Å². The molecule has 1 aromatic carbocycles. The van der Waals surface area contributed by atoms with Crippen molar-refractivity contribution in [3.63, 3.8) is 0 Å². The lowest BCUT2D eigenvalue weighted by Gasteiger charge is -2.51. The minimum atomic E-state index is -0.164. The van der Waals surface area contributed by atoms with Gasteiger partial charge in [-0.25, -0.2) is 0 Å². The standard InChI is InChI=1S/C21H30N2O2/c1-13-7-6-8-14(2)18(13)22-19(24)15(3)23-16(4)20(9-10-20)25-21(11-12-21)17(23)5/h6-8,15-17H,9-12H2,1-5H3,(H,22,24). The maximum Gasteiger partial charge on any atom is 0.241 e. The smallest absolute Gasteiger partial charge is 0.241 e. The third-order valence-corrected chi connectivity index (χ3v) is 6.87. The zero-order valence-corrected chi connectivity index (χ0v) is 16.1. The monoisotopic (exact) mass is 342 g/mol. The topological polar surface area (TPSA) is 41.6 Å². The number of carbonyl (C=O) groups is 1. The summed E-state index contributed by atoms with van der Waals surface area (Å²) in [6, 6.07) is 6.53. The lowest BCUT2D eigenvalue weighted by atomic mass is 9.95. The van der Waals surface area contributed by atoms with Crippen LogP contribution in [0.4, 0.5) is 5.69 Å². The van der Waals surface area contributed by atoms with Gasteiger partial charge in [0.05, 0.1) is 17.2 Å². The minimum absolute atomic E-state index is 0.00384. The second kappa shape index (κ2) is 5.55. The Morgan fingerprint density at radius 3 is 2.04 bits per heavy atom. The molecule has 136 valence electrons. The molecule has 1 amide bonds. The average molecular weight is 342 g/mol. The number of morpholine rings is 1. The lowest BCUT2D eigenvalue weighted by Crippen LogP contribution is -2.65. The largest absolute Gasteiger partial charge is 0.365 e. The van der Waals surface area contributed by atoms with Crippen molar-refractivity contribution in [3.8, 4) is 0 Å². The third kappa shape index (κ3) is 2.61. The van der Waals surface area contributed by atoms with Crippen molar-refractivity contribution in [1.82, 2.24) is 4.90 Å².